The number of hydrogen-bond acceptors (Lipinski definition) is 7. The Morgan fingerprint density at radius 2 is 1.66 bits per heavy atom. The van der Waals surface area contributed by atoms with Gasteiger partial charge in [-0.2, -0.15) is 18.2 Å². The van der Waals surface area contributed by atoms with Crippen molar-refractivity contribution in [3.8, 4) is 0 Å². The molecule has 3 N–H and O–H groups in total. The molecule has 32 heavy (non-hydrogen) atoms. The van der Waals surface area contributed by atoms with Gasteiger partial charge in [-0.25, -0.2) is 4.98 Å². The van der Waals surface area contributed by atoms with Crippen LogP contribution in [0.25, 0.3) is 0 Å². The Labute approximate surface area is 185 Å². The van der Waals surface area contributed by atoms with E-state index in [1.807, 2.05) is 24.3 Å². The second-order valence-corrected chi connectivity index (χ2v) is 8.57. The lowest BCUT2D eigenvalue weighted by Crippen LogP contribution is -2.44. The van der Waals surface area contributed by atoms with Crippen LogP contribution in [-0.2, 0) is 6.18 Å². The number of likely N-dealkylation sites (N-methyl/N-ethyl adjacent to an activating group) is 1. The minimum Gasteiger partial charge on any atom is -0.393 e. The highest BCUT2D eigenvalue weighted by molar-refractivity contribution is 5.61. The van der Waals surface area contributed by atoms with E-state index >= 15 is 0 Å². The standard InChI is InChI=1S/C22H29F3N6O/c1-30-10-12-31(13-11-30)17-6-2-16(3-7-17)28-21-26-14-19(22(23,24)25)20(29-21)27-15-4-8-18(32)9-5-15/h2-3,6-7,14-15,18,32H,4-5,8-13H2,1H3,(H2,26,27,28,29). The zero-order chi connectivity index (χ0) is 22.7. The number of halogens is 3. The van der Waals surface area contributed by atoms with Gasteiger partial charge in [0, 0.05) is 49.8 Å². The number of nitrogens with one attached hydrogen (secondary N) is 2. The lowest BCUT2D eigenvalue weighted by Gasteiger charge is -2.34. The fourth-order valence-corrected chi connectivity index (χ4v) is 4.12. The first-order valence-corrected chi connectivity index (χ1v) is 11.0. The fraction of sp³-hybridized carbons (Fsp3) is 0.545. The maximum absolute atomic E-state index is 13.5. The average molecular weight is 451 g/mol. The summed E-state index contributed by atoms with van der Waals surface area (Å²) in [5.74, 6) is -0.130. The topological polar surface area (TPSA) is 76.5 Å². The van der Waals surface area contributed by atoms with Crippen molar-refractivity contribution in [3.63, 3.8) is 0 Å². The van der Waals surface area contributed by atoms with Crippen molar-refractivity contribution < 1.29 is 18.3 Å². The maximum Gasteiger partial charge on any atom is 0.421 e. The van der Waals surface area contributed by atoms with Gasteiger partial charge in [-0.15, -0.1) is 0 Å². The quantitative estimate of drug-likeness (QED) is 0.641. The van der Waals surface area contributed by atoms with Crippen LogP contribution in [0, 0.1) is 0 Å². The summed E-state index contributed by atoms with van der Waals surface area (Å²) in [4.78, 5) is 12.6. The molecular weight excluding hydrogens is 421 g/mol. The molecule has 1 aliphatic carbocycles. The Balaban J connectivity index is 1.47. The first kappa shape index (κ1) is 22.6. The molecule has 2 aliphatic rings. The smallest absolute Gasteiger partial charge is 0.393 e. The van der Waals surface area contributed by atoms with Crippen molar-refractivity contribution in [3.05, 3.63) is 36.0 Å². The number of aliphatic hydroxyl groups is 1. The number of aromatic nitrogens is 2. The van der Waals surface area contributed by atoms with E-state index in [1.54, 1.807) is 0 Å². The van der Waals surface area contributed by atoms with E-state index in [0.717, 1.165) is 38.1 Å². The molecule has 2 heterocycles. The minimum absolute atomic E-state index is 0.101. The van der Waals surface area contributed by atoms with Gasteiger partial charge < -0.3 is 25.5 Å². The number of alkyl halides is 3. The molecule has 1 saturated carbocycles. The Morgan fingerprint density at radius 1 is 1.00 bits per heavy atom. The summed E-state index contributed by atoms with van der Waals surface area (Å²) < 4.78 is 40.4. The summed E-state index contributed by atoms with van der Waals surface area (Å²) in [6, 6.07) is 7.58. The van der Waals surface area contributed by atoms with Gasteiger partial charge in [0.15, 0.2) is 0 Å². The Morgan fingerprint density at radius 3 is 2.28 bits per heavy atom. The van der Waals surface area contributed by atoms with E-state index in [9.17, 15) is 18.3 Å². The van der Waals surface area contributed by atoms with E-state index in [0.29, 0.717) is 31.4 Å². The monoisotopic (exact) mass is 450 g/mol. The summed E-state index contributed by atoms with van der Waals surface area (Å²) in [6.45, 7) is 3.93. The lowest BCUT2D eigenvalue weighted by atomic mass is 9.93. The van der Waals surface area contributed by atoms with Crippen LogP contribution in [0.2, 0.25) is 0 Å². The predicted octanol–water partition coefficient (Wildman–Crippen LogP) is 3.71. The van der Waals surface area contributed by atoms with E-state index in [1.165, 1.54) is 0 Å². The normalized spacial score (nSPS) is 22.6. The molecular formula is C22H29F3N6O. The predicted molar refractivity (Wildman–Crippen MR) is 118 cm³/mol. The van der Waals surface area contributed by atoms with Crippen LogP contribution >= 0.6 is 0 Å². The third kappa shape index (κ3) is 5.60. The van der Waals surface area contributed by atoms with Crippen molar-refractivity contribution in [2.24, 2.45) is 0 Å². The molecule has 1 aromatic carbocycles. The van der Waals surface area contributed by atoms with Crippen molar-refractivity contribution in [2.45, 2.75) is 44.0 Å². The molecule has 1 aliphatic heterocycles. The highest BCUT2D eigenvalue weighted by atomic mass is 19.4. The van der Waals surface area contributed by atoms with E-state index < -0.39 is 11.7 Å². The lowest BCUT2D eigenvalue weighted by molar-refractivity contribution is -0.137. The van der Waals surface area contributed by atoms with Crippen molar-refractivity contribution >= 4 is 23.1 Å². The number of nitrogens with zero attached hydrogens (tertiary/aromatic N) is 4. The number of piperazine rings is 1. The summed E-state index contributed by atoms with van der Waals surface area (Å²) in [6.07, 6.45) is -1.80. The zero-order valence-corrected chi connectivity index (χ0v) is 18.1. The third-order valence-electron chi connectivity index (χ3n) is 6.12. The number of aliphatic hydroxyl groups excluding tert-OH is 1. The van der Waals surface area contributed by atoms with Crippen molar-refractivity contribution in [1.82, 2.24) is 14.9 Å². The Kier molecular flexibility index (Phi) is 6.71. The van der Waals surface area contributed by atoms with Gasteiger partial charge >= 0.3 is 6.18 Å². The maximum atomic E-state index is 13.5. The molecule has 1 aromatic heterocycles. The third-order valence-corrected chi connectivity index (χ3v) is 6.12. The van der Waals surface area contributed by atoms with E-state index in [-0.39, 0.29) is 23.9 Å². The molecule has 0 spiro atoms. The van der Waals surface area contributed by atoms with E-state index in [4.69, 9.17) is 0 Å². The molecule has 1 saturated heterocycles. The van der Waals surface area contributed by atoms with Gasteiger partial charge in [-0.3, -0.25) is 0 Å². The van der Waals surface area contributed by atoms with Crippen LogP contribution in [-0.4, -0.2) is 65.3 Å². The molecule has 10 heteroatoms. The summed E-state index contributed by atoms with van der Waals surface area (Å²) in [7, 11) is 2.11. The largest absolute Gasteiger partial charge is 0.421 e. The molecule has 0 amide bonds. The molecule has 174 valence electrons. The van der Waals surface area contributed by atoms with Crippen LogP contribution in [0.4, 0.5) is 36.3 Å². The number of benzene rings is 1. The first-order valence-electron chi connectivity index (χ1n) is 11.0. The molecule has 0 bridgehead atoms. The van der Waals surface area contributed by atoms with Gasteiger partial charge in [-0.1, -0.05) is 0 Å². The van der Waals surface area contributed by atoms with Crippen LogP contribution in [0.5, 0.6) is 0 Å². The SMILES string of the molecule is CN1CCN(c2ccc(Nc3ncc(C(F)(F)F)c(NC4CCC(O)CC4)n3)cc2)CC1. The second-order valence-electron chi connectivity index (χ2n) is 8.57. The Bertz CT molecular complexity index is 892. The molecule has 7 nitrogen and oxygen atoms in total. The van der Waals surface area contributed by atoms with Gasteiger partial charge in [0.25, 0.3) is 0 Å². The van der Waals surface area contributed by atoms with Crippen LogP contribution in [0.3, 0.4) is 0 Å². The van der Waals surface area contributed by atoms with Crippen molar-refractivity contribution in [1.29, 1.82) is 0 Å². The fourth-order valence-electron chi connectivity index (χ4n) is 4.12. The number of hydrogen-bond donors (Lipinski definition) is 3. The van der Waals surface area contributed by atoms with Gasteiger partial charge in [0.2, 0.25) is 5.95 Å². The summed E-state index contributed by atoms with van der Waals surface area (Å²) >= 11 is 0. The average Bonchev–Trinajstić information content (AvgIpc) is 2.76. The van der Waals surface area contributed by atoms with Gasteiger partial charge in [-0.05, 0) is 57.0 Å². The second kappa shape index (κ2) is 9.50. The molecule has 0 radical (unpaired) electrons. The minimum atomic E-state index is -4.56. The van der Waals surface area contributed by atoms with Gasteiger partial charge in [0.05, 0.1) is 6.10 Å². The van der Waals surface area contributed by atoms with E-state index in [2.05, 4.69) is 37.4 Å². The highest BCUT2D eigenvalue weighted by Gasteiger charge is 2.36. The van der Waals surface area contributed by atoms with Crippen molar-refractivity contribution in [2.75, 3.05) is 48.8 Å². The zero-order valence-electron chi connectivity index (χ0n) is 18.1. The molecule has 2 fully saturated rings. The molecule has 2 aromatic rings. The molecule has 0 atom stereocenters. The molecule has 0 unspecified atom stereocenters. The number of rotatable bonds is 5. The number of anilines is 4. The highest BCUT2D eigenvalue weighted by Crippen LogP contribution is 2.35. The van der Waals surface area contributed by atoms with Crippen LogP contribution in [0.1, 0.15) is 31.2 Å². The summed E-state index contributed by atoms with van der Waals surface area (Å²) in [5, 5.41) is 15.6. The molecule has 4 rings (SSSR count). The van der Waals surface area contributed by atoms with Crippen LogP contribution in [0.15, 0.2) is 30.5 Å². The summed E-state index contributed by atoms with van der Waals surface area (Å²) in [5.41, 5.74) is 0.924. The van der Waals surface area contributed by atoms with Crippen LogP contribution < -0.4 is 15.5 Å². The Hall–Kier alpha value is -2.59. The van der Waals surface area contributed by atoms with Gasteiger partial charge in [0.1, 0.15) is 11.4 Å². The first-order chi connectivity index (χ1) is 15.3.